The van der Waals surface area contributed by atoms with Crippen LogP contribution >= 0.6 is 0 Å². The number of hydrogen-bond donors (Lipinski definition) is 2. The van der Waals surface area contributed by atoms with Crippen molar-refractivity contribution >= 4 is 12.1 Å². The quantitative estimate of drug-likeness (QED) is 0.788. The molecule has 0 aromatic carbocycles. The number of alkyl carbamates (subject to hydrolysis) is 1. The standard InChI is InChI=1S/C12H22N2O4/c1-12(2,3)18-11(17)13-7-9-5-4-6-14(9)8-10(15)16/h9H,4-8H2,1-3H3,(H,13,17)(H,15,16)/t9-/m1/s1. The number of nitrogens with one attached hydrogen (secondary N) is 1. The van der Waals surface area contributed by atoms with Gasteiger partial charge in [-0.15, -0.1) is 0 Å². The largest absolute Gasteiger partial charge is 0.480 e. The van der Waals surface area contributed by atoms with Crippen molar-refractivity contribution in [1.82, 2.24) is 10.2 Å². The lowest BCUT2D eigenvalue weighted by atomic mass is 10.2. The highest BCUT2D eigenvalue weighted by atomic mass is 16.6. The molecule has 0 aliphatic carbocycles. The van der Waals surface area contributed by atoms with Gasteiger partial charge in [0.2, 0.25) is 0 Å². The van der Waals surface area contributed by atoms with Gasteiger partial charge < -0.3 is 15.2 Å². The van der Waals surface area contributed by atoms with Gasteiger partial charge in [-0.3, -0.25) is 9.69 Å². The van der Waals surface area contributed by atoms with E-state index in [1.165, 1.54) is 0 Å². The lowest BCUT2D eigenvalue weighted by Gasteiger charge is -2.24. The summed E-state index contributed by atoms with van der Waals surface area (Å²) in [6, 6.07) is 0.0913. The van der Waals surface area contributed by atoms with Gasteiger partial charge in [0.15, 0.2) is 0 Å². The van der Waals surface area contributed by atoms with E-state index < -0.39 is 17.7 Å². The third-order valence-electron chi connectivity index (χ3n) is 2.72. The number of carbonyl (C=O) groups is 2. The van der Waals surface area contributed by atoms with Gasteiger partial charge in [-0.25, -0.2) is 4.79 Å². The number of likely N-dealkylation sites (tertiary alicyclic amines) is 1. The lowest BCUT2D eigenvalue weighted by molar-refractivity contribution is -0.138. The molecule has 0 spiro atoms. The van der Waals surface area contributed by atoms with Gasteiger partial charge in [-0.1, -0.05) is 0 Å². The zero-order valence-electron chi connectivity index (χ0n) is 11.2. The summed E-state index contributed by atoms with van der Waals surface area (Å²) in [5.41, 5.74) is -0.513. The fourth-order valence-corrected chi connectivity index (χ4v) is 2.02. The molecule has 2 N–H and O–H groups in total. The summed E-state index contributed by atoms with van der Waals surface area (Å²) in [5, 5.41) is 11.5. The van der Waals surface area contributed by atoms with Gasteiger partial charge in [-0.05, 0) is 40.2 Å². The monoisotopic (exact) mass is 258 g/mol. The number of carbonyl (C=O) groups excluding carboxylic acids is 1. The molecule has 6 heteroatoms. The molecule has 1 atom stereocenters. The maximum absolute atomic E-state index is 11.5. The maximum atomic E-state index is 11.5. The number of rotatable bonds is 4. The molecule has 1 aliphatic heterocycles. The second kappa shape index (κ2) is 6.04. The predicted molar refractivity (Wildman–Crippen MR) is 66.5 cm³/mol. The summed E-state index contributed by atoms with van der Waals surface area (Å²) >= 11 is 0. The van der Waals surface area contributed by atoms with E-state index in [0.29, 0.717) is 6.54 Å². The highest BCUT2D eigenvalue weighted by Gasteiger charge is 2.27. The van der Waals surface area contributed by atoms with Crippen LogP contribution in [0.4, 0.5) is 4.79 Å². The Hall–Kier alpha value is -1.30. The van der Waals surface area contributed by atoms with E-state index in [1.807, 2.05) is 4.90 Å². The molecular formula is C12H22N2O4. The van der Waals surface area contributed by atoms with E-state index in [0.717, 1.165) is 19.4 Å². The van der Waals surface area contributed by atoms with Crippen molar-refractivity contribution in [2.24, 2.45) is 0 Å². The Kier molecular flexibility index (Phi) is 4.95. The van der Waals surface area contributed by atoms with Crippen LogP contribution in [0.1, 0.15) is 33.6 Å². The van der Waals surface area contributed by atoms with Crippen LogP contribution in [0.25, 0.3) is 0 Å². The Labute approximate surface area is 107 Å². The normalized spacial score (nSPS) is 20.7. The van der Waals surface area contributed by atoms with E-state index in [1.54, 1.807) is 20.8 Å². The Balaban J connectivity index is 2.34. The lowest BCUT2D eigenvalue weighted by Crippen LogP contribution is -2.43. The van der Waals surface area contributed by atoms with Crippen molar-refractivity contribution in [3.63, 3.8) is 0 Å². The van der Waals surface area contributed by atoms with Crippen molar-refractivity contribution in [3.8, 4) is 0 Å². The first kappa shape index (κ1) is 14.8. The fourth-order valence-electron chi connectivity index (χ4n) is 2.02. The van der Waals surface area contributed by atoms with Crippen LogP contribution in [0, 0.1) is 0 Å². The minimum absolute atomic E-state index is 0.0284. The van der Waals surface area contributed by atoms with Gasteiger partial charge >= 0.3 is 12.1 Å². The van der Waals surface area contributed by atoms with Gasteiger partial charge in [0.1, 0.15) is 5.60 Å². The summed E-state index contributed by atoms with van der Waals surface area (Å²) < 4.78 is 5.13. The summed E-state index contributed by atoms with van der Waals surface area (Å²) in [6.45, 7) is 6.65. The number of aliphatic carboxylic acids is 1. The first-order valence-corrected chi connectivity index (χ1v) is 6.20. The molecule has 0 radical (unpaired) electrons. The molecule has 6 nitrogen and oxygen atoms in total. The summed E-state index contributed by atoms with van der Waals surface area (Å²) in [4.78, 5) is 24.0. The van der Waals surface area contributed by atoms with Crippen LogP contribution < -0.4 is 5.32 Å². The molecule has 1 fully saturated rings. The van der Waals surface area contributed by atoms with Crippen LogP contribution in [0.5, 0.6) is 0 Å². The molecule has 1 saturated heterocycles. The van der Waals surface area contributed by atoms with Crippen molar-refractivity contribution in [1.29, 1.82) is 0 Å². The minimum atomic E-state index is -0.834. The molecule has 18 heavy (non-hydrogen) atoms. The van der Waals surface area contributed by atoms with Crippen LogP contribution in [0.3, 0.4) is 0 Å². The molecule has 0 unspecified atom stereocenters. The number of ether oxygens (including phenoxy) is 1. The van der Waals surface area contributed by atoms with Gasteiger partial charge in [0, 0.05) is 12.6 Å². The Bertz CT molecular complexity index is 312. The fraction of sp³-hybridized carbons (Fsp3) is 0.833. The first-order chi connectivity index (χ1) is 8.28. The highest BCUT2D eigenvalue weighted by Crippen LogP contribution is 2.16. The average molecular weight is 258 g/mol. The van der Waals surface area contributed by atoms with E-state index >= 15 is 0 Å². The minimum Gasteiger partial charge on any atom is -0.480 e. The van der Waals surface area contributed by atoms with Gasteiger partial charge in [-0.2, -0.15) is 0 Å². The number of nitrogens with zero attached hydrogens (tertiary/aromatic N) is 1. The zero-order valence-corrected chi connectivity index (χ0v) is 11.2. The van der Waals surface area contributed by atoms with Crippen molar-refractivity contribution < 1.29 is 19.4 Å². The van der Waals surface area contributed by atoms with Crippen LogP contribution in [-0.4, -0.2) is 53.3 Å². The average Bonchev–Trinajstić information content (AvgIpc) is 2.58. The number of hydrogen-bond acceptors (Lipinski definition) is 4. The van der Waals surface area contributed by atoms with E-state index in [2.05, 4.69) is 5.32 Å². The number of carboxylic acids is 1. The number of carboxylic acid groups (broad SMARTS) is 1. The summed E-state index contributed by atoms with van der Waals surface area (Å²) in [6.07, 6.45) is 1.42. The molecule has 0 bridgehead atoms. The second-order valence-corrected chi connectivity index (χ2v) is 5.54. The molecule has 1 rings (SSSR count). The highest BCUT2D eigenvalue weighted by molar-refractivity contribution is 5.69. The molecule has 0 aromatic rings. The molecule has 1 heterocycles. The number of amides is 1. The van der Waals surface area contributed by atoms with E-state index in [-0.39, 0.29) is 12.6 Å². The van der Waals surface area contributed by atoms with Crippen molar-refractivity contribution in [3.05, 3.63) is 0 Å². The molecule has 1 aliphatic rings. The Morgan fingerprint density at radius 2 is 2.11 bits per heavy atom. The summed E-state index contributed by atoms with van der Waals surface area (Å²) in [5.74, 6) is -0.834. The molecule has 0 aromatic heterocycles. The Morgan fingerprint density at radius 3 is 2.67 bits per heavy atom. The third-order valence-corrected chi connectivity index (χ3v) is 2.72. The topological polar surface area (TPSA) is 78.9 Å². The van der Waals surface area contributed by atoms with Crippen molar-refractivity contribution in [2.45, 2.75) is 45.3 Å². The van der Waals surface area contributed by atoms with Crippen LogP contribution in [0.15, 0.2) is 0 Å². The Morgan fingerprint density at radius 1 is 1.44 bits per heavy atom. The van der Waals surface area contributed by atoms with E-state index in [9.17, 15) is 9.59 Å². The predicted octanol–water partition coefficient (Wildman–Crippen LogP) is 1.06. The molecule has 1 amide bonds. The van der Waals surface area contributed by atoms with E-state index in [4.69, 9.17) is 9.84 Å². The van der Waals surface area contributed by atoms with Gasteiger partial charge in [0.25, 0.3) is 0 Å². The molecule has 104 valence electrons. The van der Waals surface area contributed by atoms with Crippen LogP contribution in [-0.2, 0) is 9.53 Å². The SMILES string of the molecule is CC(C)(C)OC(=O)NC[C@H]1CCCN1CC(=O)O. The second-order valence-electron chi connectivity index (χ2n) is 5.54. The molecular weight excluding hydrogens is 236 g/mol. The zero-order chi connectivity index (χ0) is 13.8. The van der Waals surface area contributed by atoms with Crippen molar-refractivity contribution in [2.75, 3.05) is 19.6 Å². The van der Waals surface area contributed by atoms with Gasteiger partial charge in [0.05, 0.1) is 6.54 Å². The molecule has 0 saturated carbocycles. The smallest absolute Gasteiger partial charge is 0.407 e. The maximum Gasteiger partial charge on any atom is 0.407 e. The summed E-state index contributed by atoms with van der Waals surface area (Å²) in [7, 11) is 0. The first-order valence-electron chi connectivity index (χ1n) is 6.20. The van der Waals surface area contributed by atoms with Crippen LogP contribution in [0.2, 0.25) is 0 Å². The third kappa shape index (κ3) is 5.35.